The van der Waals surface area contributed by atoms with E-state index in [0.29, 0.717) is 5.17 Å². The average Bonchev–Trinajstić information content (AvgIpc) is 2.38. The van der Waals surface area contributed by atoms with E-state index in [1.54, 1.807) is 0 Å². The molecule has 3 heteroatoms. The molecule has 3 rings (SSSR count). The minimum Gasteiger partial charge on any atom is -0.458 e. The second-order valence-corrected chi connectivity index (χ2v) is 4.78. The van der Waals surface area contributed by atoms with Crippen LogP contribution in [0.15, 0.2) is 48.5 Å². The van der Waals surface area contributed by atoms with Crippen molar-refractivity contribution < 1.29 is 4.74 Å². The summed E-state index contributed by atoms with van der Waals surface area (Å²) in [7, 11) is 0. The van der Waals surface area contributed by atoms with Gasteiger partial charge in [-0.2, -0.15) is 0 Å². The molecule has 0 aromatic heterocycles. The summed E-state index contributed by atoms with van der Waals surface area (Å²) in [5, 5.41) is 3.51. The maximum Gasteiger partial charge on any atom is 0.262 e. The molecule has 1 unspecified atom stereocenters. The van der Waals surface area contributed by atoms with Gasteiger partial charge in [0.05, 0.1) is 0 Å². The normalized spacial score (nSPS) is 17.6. The lowest BCUT2D eigenvalue weighted by molar-refractivity contribution is 0.234. The lowest BCUT2D eigenvalue weighted by atomic mass is 9.98. The van der Waals surface area contributed by atoms with Gasteiger partial charge in [-0.3, -0.25) is 0 Å². The van der Waals surface area contributed by atoms with Gasteiger partial charge in [0.15, 0.2) is 6.10 Å². The Hall–Kier alpha value is -1.87. The third kappa shape index (κ3) is 1.97. The molecule has 2 aromatic rings. The minimum atomic E-state index is -0.115. The molecule has 0 fully saturated rings. The van der Waals surface area contributed by atoms with Crippen LogP contribution in [0.1, 0.15) is 22.8 Å². The fourth-order valence-electron chi connectivity index (χ4n) is 2.14. The van der Waals surface area contributed by atoms with Crippen LogP contribution >= 0.6 is 12.2 Å². The molecule has 1 atom stereocenters. The molecule has 0 saturated heterocycles. The Bertz CT molecular complexity index is 592. The zero-order chi connectivity index (χ0) is 12.5. The van der Waals surface area contributed by atoms with Crippen LogP contribution in [0, 0.1) is 6.92 Å². The average molecular weight is 255 g/mol. The van der Waals surface area contributed by atoms with Crippen LogP contribution in [-0.2, 0) is 4.74 Å². The molecule has 0 saturated carbocycles. The van der Waals surface area contributed by atoms with Crippen LogP contribution < -0.4 is 5.32 Å². The van der Waals surface area contributed by atoms with Gasteiger partial charge in [-0.05, 0) is 30.8 Å². The number of anilines is 1. The second kappa shape index (κ2) is 4.42. The van der Waals surface area contributed by atoms with Crippen molar-refractivity contribution in [3.05, 3.63) is 65.2 Å². The highest BCUT2D eigenvalue weighted by Crippen LogP contribution is 2.35. The maximum absolute atomic E-state index is 5.76. The number of nitrogens with one attached hydrogen (secondary N) is 1. The third-order valence-electron chi connectivity index (χ3n) is 3.08. The van der Waals surface area contributed by atoms with Crippen molar-refractivity contribution in [3.63, 3.8) is 0 Å². The molecule has 90 valence electrons. The Kier molecular flexibility index (Phi) is 2.76. The lowest BCUT2D eigenvalue weighted by Gasteiger charge is -2.28. The first-order chi connectivity index (χ1) is 8.74. The molecule has 2 aromatic carbocycles. The number of benzene rings is 2. The Morgan fingerprint density at radius 2 is 1.78 bits per heavy atom. The highest BCUT2D eigenvalue weighted by Gasteiger charge is 2.25. The van der Waals surface area contributed by atoms with E-state index in [4.69, 9.17) is 17.0 Å². The summed E-state index contributed by atoms with van der Waals surface area (Å²) in [6.07, 6.45) is -0.115. The van der Waals surface area contributed by atoms with Gasteiger partial charge in [-0.15, -0.1) is 0 Å². The Balaban J connectivity index is 2.07. The number of rotatable bonds is 1. The number of ether oxygens (including phenoxy) is 1. The van der Waals surface area contributed by atoms with E-state index in [0.717, 1.165) is 16.8 Å². The predicted octanol–water partition coefficient (Wildman–Crippen LogP) is 3.81. The van der Waals surface area contributed by atoms with Gasteiger partial charge in [-0.1, -0.05) is 48.0 Å². The van der Waals surface area contributed by atoms with Crippen molar-refractivity contribution in [3.8, 4) is 0 Å². The summed E-state index contributed by atoms with van der Waals surface area (Å²) in [6, 6.07) is 16.4. The van der Waals surface area contributed by atoms with Gasteiger partial charge in [0.25, 0.3) is 5.17 Å². The summed E-state index contributed by atoms with van der Waals surface area (Å²) in [5.41, 5.74) is 4.51. The molecule has 1 aliphatic heterocycles. The largest absolute Gasteiger partial charge is 0.458 e. The summed E-state index contributed by atoms with van der Waals surface area (Å²) < 4.78 is 5.76. The van der Waals surface area contributed by atoms with Crippen molar-refractivity contribution in [1.82, 2.24) is 0 Å². The number of para-hydroxylation sites is 1. The van der Waals surface area contributed by atoms with E-state index in [9.17, 15) is 0 Å². The van der Waals surface area contributed by atoms with Gasteiger partial charge in [0, 0.05) is 11.3 Å². The van der Waals surface area contributed by atoms with E-state index >= 15 is 0 Å². The molecule has 1 heterocycles. The number of hydrogen-bond acceptors (Lipinski definition) is 2. The van der Waals surface area contributed by atoms with Crippen molar-refractivity contribution in [1.29, 1.82) is 0 Å². The van der Waals surface area contributed by atoms with E-state index in [1.807, 2.05) is 18.2 Å². The Morgan fingerprint density at radius 1 is 1.06 bits per heavy atom. The maximum atomic E-state index is 5.76. The second-order valence-electron chi connectivity index (χ2n) is 4.41. The van der Waals surface area contributed by atoms with Gasteiger partial charge in [0.1, 0.15) is 0 Å². The van der Waals surface area contributed by atoms with Gasteiger partial charge < -0.3 is 10.1 Å². The first-order valence-corrected chi connectivity index (χ1v) is 6.28. The number of thiocarbonyl (C=S) groups is 1. The zero-order valence-electron chi connectivity index (χ0n) is 10.0. The molecule has 1 N–H and O–H groups in total. The fourth-order valence-corrected chi connectivity index (χ4v) is 2.34. The molecular weight excluding hydrogens is 242 g/mol. The van der Waals surface area contributed by atoms with Crippen LogP contribution in [0.3, 0.4) is 0 Å². The van der Waals surface area contributed by atoms with Gasteiger partial charge in [0.2, 0.25) is 0 Å². The van der Waals surface area contributed by atoms with E-state index in [2.05, 4.69) is 42.6 Å². The monoisotopic (exact) mass is 255 g/mol. The summed E-state index contributed by atoms with van der Waals surface area (Å²) in [5.74, 6) is 0. The summed E-state index contributed by atoms with van der Waals surface area (Å²) in [6.45, 7) is 2.08. The first-order valence-electron chi connectivity index (χ1n) is 5.87. The van der Waals surface area contributed by atoms with Crippen LogP contribution in [0.5, 0.6) is 0 Å². The standard InChI is InChI=1S/C15H13NOS/c1-10-6-8-11(9-7-10)14-12-4-2-3-5-13(12)16-15(18)17-14/h2-9,14H,1H3,(H,16,18). The number of fused-ring (bicyclic) bond motifs is 1. The van der Waals surface area contributed by atoms with Crippen LogP contribution in [0.25, 0.3) is 0 Å². The number of hydrogen-bond donors (Lipinski definition) is 1. The van der Waals surface area contributed by atoms with E-state index in [1.165, 1.54) is 5.56 Å². The van der Waals surface area contributed by atoms with Crippen molar-refractivity contribution in [2.75, 3.05) is 5.32 Å². The van der Waals surface area contributed by atoms with Crippen LogP contribution in [0.2, 0.25) is 0 Å². The summed E-state index contributed by atoms with van der Waals surface area (Å²) >= 11 is 5.15. The molecule has 0 amide bonds. The smallest absolute Gasteiger partial charge is 0.262 e. The van der Waals surface area contributed by atoms with Crippen LogP contribution in [0.4, 0.5) is 5.69 Å². The van der Waals surface area contributed by atoms with Crippen LogP contribution in [-0.4, -0.2) is 5.17 Å². The Morgan fingerprint density at radius 3 is 2.56 bits per heavy atom. The topological polar surface area (TPSA) is 21.3 Å². The SMILES string of the molecule is Cc1ccc(C2OC(=S)Nc3ccccc32)cc1. The van der Waals surface area contributed by atoms with Crippen molar-refractivity contribution >= 4 is 23.1 Å². The van der Waals surface area contributed by atoms with Gasteiger partial charge in [-0.25, -0.2) is 0 Å². The highest BCUT2D eigenvalue weighted by atomic mass is 32.1. The molecule has 0 spiro atoms. The molecule has 18 heavy (non-hydrogen) atoms. The quantitative estimate of drug-likeness (QED) is 0.783. The number of aryl methyl sites for hydroxylation is 1. The summed E-state index contributed by atoms with van der Waals surface area (Å²) in [4.78, 5) is 0. The minimum absolute atomic E-state index is 0.115. The predicted molar refractivity (Wildman–Crippen MR) is 76.8 cm³/mol. The highest BCUT2D eigenvalue weighted by molar-refractivity contribution is 7.80. The molecule has 2 nitrogen and oxygen atoms in total. The van der Waals surface area contributed by atoms with E-state index in [-0.39, 0.29) is 6.10 Å². The van der Waals surface area contributed by atoms with Gasteiger partial charge >= 0.3 is 0 Å². The lowest BCUT2D eigenvalue weighted by Crippen LogP contribution is -2.24. The van der Waals surface area contributed by atoms with Crippen molar-refractivity contribution in [2.45, 2.75) is 13.0 Å². The zero-order valence-corrected chi connectivity index (χ0v) is 10.8. The molecule has 0 bridgehead atoms. The molecule has 1 aliphatic rings. The van der Waals surface area contributed by atoms with Crippen molar-refractivity contribution in [2.24, 2.45) is 0 Å². The van der Waals surface area contributed by atoms with E-state index < -0.39 is 0 Å². The molecule has 0 aliphatic carbocycles. The molecule has 0 radical (unpaired) electrons. The first kappa shape index (κ1) is 11.2. The third-order valence-corrected chi connectivity index (χ3v) is 3.28. The fraction of sp³-hybridized carbons (Fsp3) is 0.133. The Labute approximate surface area is 112 Å². The molecular formula is C15H13NOS.